The fourth-order valence-corrected chi connectivity index (χ4v) is 3.40. The van der Waals surface area contributed by atoms with Gasteiger partial charge in [0.25, 0.3) is 5.91 Å². The van der Waals surface area contributed by atoms with Crippen LogP contribution < -0.4 is 4.90 Å². The monoisotopic (exact) mass is 341 g/mol. The number of carbonyl (C=O) groups excluding carboxylic acids is 1. The number of anilines is 1. The summed E-state index contributed by atoms with van der Waals surface area (Å²) in [6, 6.07) is 8.14. The third-order valence-corrected chi connectivity index (χ3v) is 4.86. The SMILES string of the molecule is CC(C)n1cnnc1[C@@H]1CCCN(C(=O)c2ccc(N(C)C)cc2)C1. The molecule has 0 bridgehead atoms. The average Bonchev–Trinajstić information content (AvgIpc) is 3.11. The van der Waals surface area contributed by atoms with Crippen LogP contribution in [0.4, 0.5) is 5.69 Å². The maximum absolute atomic E-state index is 12.9. The van der Waals surface area contributed by atoms with Crippen molar-refractivity contribution in [3.8, 4) is 0 Å². The minimum absolute atomic E-state index is 0.102. The largest absolute Gasteiger partial charge is 0.378 e. The summed E-state index contributed by atoms with van der Waals surface area (Å²) < 4.78 is 2.12. The third kappa shape index (κ3) is 3.67. The molecule has 2 heterocycles. The van der Waals surface area contributed by atoms with Crippen molar-refractivity contribution >= 4 is 11.6 Å². The van der Waals surface area contributed by atoms with Crippen molar-refractivity contribution in [2.24, 2.45) is 0 Å². The van der Waals surface area contributed by atoms with Crippen LogP contribution >= 0.6 is 0 Å². The lowest BCUT2D eigenvalue weighted by Crippen LogP contribution is -2.39. The highest BCUT2D eigenvalue weighted by Crippen LogP contribution is 2.28. The number of hydrogen-bond acceptors (Lipinski definition) is 4. The van der Waals surface area contributed by atoms with E-state index in [1.165, 1.54) is 0 Å². The number of likely N-dealkylation sites (tertiary alicyclic amines) is 1. The van der Waals surface area contributed by atoms with Crippen LogP contribution in [-0.4, -0.2) is 52.8 Å². The summed E-state index contributed by atoms with van der Waals surface area (Å²) in [4.78, 5) is 16.9. The van der Waals surface area contributed by atoms with Gasteiger partial charge >= 0.3 is 0 Å². The van der Waals surface area contributed by atoms with Crippen molar-refractivity contribution in [2.75, 3.05) is 32.1 Å². The first-order valence-electron chi connectivity index (χ1n) is 8.93. The lowest BCUT2D eigenvalue weighted by Gasteiger charge is -2.33. The van der Waals surface area contributed by atoms with Gasteiger partial charge in [0.2, 0.25) is 0 Å². The molecule has 3 rings (SSSR count). The molecule has 25 heavy (non-hydrogen) atoms. The number of hydrogen-bond donors (Lipinski definition) is 0. The van der Waals surface area contributed by atoms with Crippen LogP contribution in [0.15, 0.2) is 30.6 Å². The standard InChI is InChI=1S/C19H27N5O/c1-14(2)24-13-20-21-18(24)16-6-5-11-23(12-16)19(25)15-7-9-17(10-8-15)22(3)4/h7-10,13-14,16H,5-6,11-12H2,1-4H3/t16-/m1/s1. The van der Waals surface area contributed by atoms with E-state index in [0.29, 0.717) is 12.6 Å². The Morgan fingerprint density at radius 2 is 1.96 bits per heavy atom. The van der Waals surface area contributed by atoms with Gasteiger partial charge in [0.1, 0.15) is 12.2 Å². The summed E-state index contributed by atoms with van der Waals surface area (Å²) in [5, 5.41) is 8.41. The lowest BCUT2D eigenvalue weighted by molar-refractivity contribution is 0.0703. The van der Waals surface area contributed by atoms with E-state index in [2.05, 4.69) is 28.6 Å². The van der Waals surface area contributed by atoms with Crippen LogP contribution in [0.5, 0.6) is 0 Å². The molecule has 2 aromatic rings. The Labute approximate surface area is 149 Å². The predicted molar refractivity (Wildman–Crippen MR) is 99.1 cm³/mol. The van der Waals surface area contributed by atoms with Crippen LogP contribution in [0, 0.1) is 0 Å². The summed E-state index contributed by atoms with van der Waals surface area (Å²) >= 11 is 0. The van der Waals surface area contributed by atoms with Gasteiger partial charge in [0.05, 0.1) is 0 Å². The highest BCUT2D eigenvalue weighted by molar-refractivity contribution is 5.94. The van der Waals surface area contributed by atoms with Gasteiger partial charge in [-0.3, -0.25) is 4.79 Å². The molecule has 0 N–H and O–H groups in total. The maximum atomic E-state index is 12.9. The van der Waals surface area contributed by atoms with E-state index < -0.39 is 0 Å². The smallest absolute Gasteiger partial charge is 0.253 e. The van der Waals surface area contributed by atoms with Crippen LogP contribution in [0.25, 0.3) is 0 Å². The average molecular weight is 341 g/mol. The molecule has 1 aromatic carbocycles. The lowest BCUT2D eigenvalue weighted by atomic mass is 9.96. The summed E-state index contributed by atoms with van der Waals surface area (Å²) in [7, 11) is 3.99. The molecule has 0 radical (unpaired) electrons. The Bertz CT molecular complexity index is 720. The van der Waals surface area contributed by atoms with E-state index in [9.17, 15) is 4.79 Å². The summed E-state index contributed by atoms with van der Waals surface area (Å²) in [6.45, 7) is 5.77. The topological polar surface area (TPSA) is 54.3 Å². The second-order valence-corrected chi connectivity index (χ2v) is 7.22. The quantitative estimate of drug-likeness (QED) is 0.858. The summed E-state index contributed by atoms with van der Waals surface area (Å²) in [5.41, 5.74) is 1.84. The molecule has 1 aliphatic rings. The van der Waals surface area contributed by atoms with Gasteiger partial charge in [-0.1, -0.05) is 0 Å². The predicted octanol–water partition coefficient (Wildman–Crippen LogP) is 2.94. The van der Waals surface area contributed by atoms with Crippen LogP contribution in [0.2, 0.25) is 0 Å². The number of benzene rings is 1. The first-order chi connectivity index (χ1) is 12.0. The van der Waals surface area contributed by atoms with Gasteiger partial charge in [-0.25, -0.2) is 0 Å². The summed E-state index contributed by atoms with van der Waals surface area (Å²) in [6.07, 6.45) is 3.84. The molecule has 0 spiro atoms. The first kappa shape index (κ1) is 17.5. The molecule has 0 aliphatic carbocycles. The molecule has 6 nitrogen and oxygen atoms in total. The first-order valence-corrected chi connectivity index (χ1v) is 8.93. The van der Waals surface area contributed by atoms with Gasteiger partial charge in [-0.05, 0) is 51.0 Å². The molecule has 1 aromatic heterocycles. The van der Waals surface area contributed by atoms with Crippen molar-refractivity contribution in [3.05, 3.63) is 42.0 Å². The molecular formula is C19H27N5O. The van der Waals surface area contributed by atoms with Crippen molar-refractivity contribution in [3.63, 3.8) is 0 Å². The van der Waals surface area contributed by atoms with Crippen LogP contribution in [0.3, 0.4) is 0 Å². The van der Waals surface area contributed by atoms with Crippen molar-refractivity contribution < 1.29 is 4.79 Å². The number of carbonyl (C=O) groups is 1. The van der Waals surface area contributed by atoms with Gasteiger partial charge in [-0.2, -0.15) is 0 Å². The van der Waals surface area contributed by atoms with E-state index in [0.717, 1.165) is 36.5 Å². The van der Waals surface area contributed by atoms with E-state index in [1.807, 2.05) is 48.2 Å². The highest BCUT2D eigenvalue weighted by atomic mass is 16.2. The number of piperidine rings is 1. The Balaban J connectivity index is 1.74. The maximum Gasteiger partial charge on any atom is 0.253 e. The van der Waals surface area contributed by atoms with E-state index >= 15 is 0 Å². The zero-order chi connectivity index (χ0) is 18.0. The van der Waals surface area contributed by atoms with Gasteiger partial charge in [-0.15, -0.1) is 10.2 Å². The third-order valence-electron chi connectivity index (χ3n) is 4.86. The minimum atomic E-state index is 0.102. The fourth-order valence-electron chi connectivity index (χ4n) is 3.40. The molecule has 6 heteroatoms. The Morgan fingerprint density at radius 3 is 2.60 bits per heavy atom. The van der Waals surface area contributed by atoms with E-state index in [-0.39, 0.29) is 11.8 Å². The van der Waals surface area contributed by atoms with Crippen molar-refractivity contribution in [2.45, 2.75) is 38.6 Å². The number of nitrogens with zero attached hydrogens (tertiary/aromatic N) is 5. The van der Waals surface area contributed by atoms with Gasteiger partial charge in [0, 0.05) is 50.4 Å². The Kier molecular flexibility index (Phi) is 5.06. The second-order valence-electron chi connectivity index (χ2n) is 7.22. The molecule has 134 valence electrons. The van der Waals surface area contributed by atoms with Gasteiger partial charge in [0.15, 0.2) is 0 Å². The zero-order valence-corrected chi connectivity index (χ0v) is 15.5. The van der Waals surface area contributed by atoms with Crippen LogP contribution in [0.1, 0.15) is 54.8 Å². The number of amides is 1. The molecule has 1 saturated heterocycles. The van der Waals surface area contributed by atoms with E-state index in [1.54, 1.807) is 6.33 Å². The molecule has 1 amide bonds. The molecule has 0 unspecified atom stereocenters. The normalized spacial score (nSPS) is 17.8. The molecule has 1 atom stereocenters. The van der Waals surface area contributed by atoms with Crippen molar-refractivity contribution in [1.82, 2.24) is 19.7 Å². The minimum Gasteiger partial charge on any atom is -0.378 e. The summed E-state index contributed by atoms with van der Waals surface area (Å²) in [5.74, 6) is 1.35. The number of aromatic nitrogens is 3. The molecule has 0 saturated carbocycles. The fraction of sp³-hybridized carbons (Fsp3) is 0.526. The van der Waals surface area contributed by atoms with Gasteiger partial charge < -0.3 is 14.4 Å². The molecule has 1 aliphatic heterocycles. The van der Waals surface area contributed by atoms with Crippen LogP contribution in [-0.2, 0) is 0 Å². The highest BCUT2D eigenvalue weighted by Gasteiger charge is 2.28. The molecule has 1 fully saturated rings. The number of rotatable bonds is 4. The van der Waals surface area contributed by atoms with Crippen molar-refractivity contribution in [1.29, 1.82) is 0 Å². The zero-order valence-electron chi connectivity index (χ0n) is 15.5. The Hall–Kier alpha value is -2.37. The second kappa shape index (κ2) is 7.25. The Morgan fingerprint density at radius 1 is 1.24 bits per heavy atom. The molecular weight excluding hydrogens is 314 g/mol. The van der Waals surface area contributed by atoms with E-state index in [4.69, 9.17) is 0 Å².